The molecule has 4 rings (SSSR count). The first-order valence-corrected chi connectivity index (χ1v) is 8.54. The van der Waals surface area contributed by atoms with Crippen LogP contribution in [0.4, 0.5) is 5.82 Å². The Hall–Kier alpha value is -2.40. The highest BCUT2D eigenvalue weighted by Gasteiger charge is 2.20. The Labute approximate surface area is 142 Å². The molecular weight excluding hydrogens is 298 g/mol. The van der Waals surface area contributed by atoms with Crippen molar-refractivity contribution < 1.29 is 0 Å². The number of nitrogens with two attached hydrogens (primary N) is 1. The zero-order chi connectivity index (χ0) is 16.7. The quantitative estimate of drug-likeness (QED) is 0.788. The highest BCUT2D eigenvalue weighted by atomic mass is 15.3. The van der Waals surface area contributed by atoms with Crippen LogP contribution in [0.2, 0.25) is 0 Å². The van der Waals surface area contributed by atoms with E-state index in [-0.39, 0.29) is 6.04 Å². The highest BCUT2D eigenvalue weighted by molar-refractivity contribution is 5.75. The second-order valence-corrected chi connectivity index (χ2v) is 6.76. The molecule has 5 nitrogen and oxygen atoms in total. The van der Waals surface area contributed by atoms with Crippen LogP contribution in [0.1, 0.15) is 24.0 Å². The summed E-state index contributed by atoms with van der Waals surface area (Å²) in [7, 11) is 0. The third-order valence-corrected chi connectivity index (χ3v) is 4.93. The van der Waals surface area contributed by atoms with Gasteiger partial charge in [0.25, 0.3) is 0 Å². The van der Waals surface area contributed by atoms with Gasteiger partial charge in [-0.1, -0.05) is 12.1 Å². The fourth-order valence-corrected chi connectivity index (χ4v) is 3.40. The summed E-state index contributed by atoms with van der Waals surface area (Å²) in [5, 5.41) is 4.75. The second kappa shape index (κ2) is 5.91. The molecule has 2 aromatic heterocycles. The molecule has 3 aromatic rings. The Bertz CT molecular complexity index is 883. The van der Waals surface area contributed by atoms with Crippen LogP contribution in [-0.4, -0.2) is 33.7 Å². The van der Waals surface area contributed by atoms with Crippen molar-refractivity contribution in [2.75, 3.05) is 18.0 Å². The van der Waals surface area contributed by atoms with E-state index in [1.807, 2.05) is 16.9 Å². The van der Waals surface area contributed by atoms with Gasteiger partial charge in [0.05, 0.1) is 5.69 Å². The Kier molecular flexibility index (Phi) is 3.73. The molecule has 1 saturated heterocycles. The lowest BCUT2D eigenvalue weighted by Crippen LogP contribution is -2.43. The summed E-state index contributed by atoms with van der Waals surface area (Å²) >= 11 is 0. The minimum atomic E-state index is 0.225. The third-order valence-electron chi connectivity index (χ3n) is 4.93. The second-order valence-electron chi connectivity index (χ2n) is 6.76. The van der Waals surface area contributed by atoms with Crippen molar-refractivity contribution in [3.05, 3.63) is 47.8 Å². The monoisotopic (exact) mass is 321 g/mol. The van der Waals surface area contributed by atoms with E-state index < -0.39 is 0 Å². The van der Waals surface area contributed by atoms with Gasteiger partial charge in [0.15, 0.2) is 5.82 Å². The molecule has 2 N–H and O–H groups in total. The van der Waals surface area contributed by atoms with Gasteiger partial charge in [0.1, 0.15) is 5.52 Å². The van der Waals surface area contributed by atoms with Crippen LogP contribution in [0.5, 0.6) is 0 Å². The standard InChI is InChI=1S/C19H23N5/c1-13-5-6-15(10-14(13)2)17-11-18-19(21-7-9-24(18)22-17)23-8-3-4-16(20)12-23/h5-7,9-11,16H,3-4,8,12,20H2,1-2H3. The first-order valence-electron chi connectivity index (χ1n) is 8.54. The number of fused-ring (bicyclic) bond motifs is 1. The summed E-state index contributed by atoms with van der Waals surface area (Å²) in [5.74, 6) is 0.982. The lowest BCUT2D eigenvalue weighted by Gasteiger charge is -2.31. The topological polar surface area (TPSA) is 59.5 Å². The maximum Gasteiger partial charge on any atom is 0.154 e. The Morgan fingerprint density at radius 1 is 1.17 bits per heavy atom. The Morgan fingerprint density at radius 2 is 2.04 bits per heavy atom. The number of aryl methyl sites for hydroxylation is 2. The van der Waals surface area contributed by atoms with Crippen molar-refractivity contribution in [1.29, 1.82) is 0 Å². The molecule has 1 unspecified atom stereocenters. The number of nitrogens with zero attached hydrogens (tertiary/aromatic N) is 4. The molecule has 1 atom stereocenters. The van der Waals surface area contributed by atoms with Gasteiger partial charge >= 0.3 is 0 Å². The van der Waals surface area contributed by atoms with Crippen LogP contribution in [0, 0.1) is 13.8 Å². The average molecular weight is 321 g/mol. The normalized spacial score (nSPS) is 18.3. The van der Waals surface area contributed by atoms with E-state index in [0.29, 0.717) is 0 Å². The van der Waals surface area contributed by atoms with E-state index in [9.17, 15) is 0 Å². The highest BCUT2D eigenvalue weighted by Crippen LogP contribution is 2.27. The molecule has 0 aliphatic carbocycles. The summed E-state index contributed by atoms with van der Waals surface area (Å²) in [6.45, 7) is 6.13. The summed E-state index contributed by atoms with van der Waals surface area (Å²) in [4.78, 5) is 6.90. The number of anilines is 1. The molecule has 1 aliphatic heterocycles. The Balaban J connectivity index is 1.78. The van der Waals surface area contributed by atoms with Gasteiger partial charge in [-0.15, -0.1) is 0 Å². The molecule has 0 amide bonds. The van der Waals surface area contributed by atoms with Crippen molar-refractivity contribution in [2.45, 2.75) is 32.7 Å². The van der Waals surface area contributed by atoms with Gasteiger partial charge in [-0.2, -0.15) is 5.10 Å². The van der Waals surface area contributed by atoms with Crippen LogP contribution >= 0.6 is 0 Å². The molecule has 0 radical (unpaired) electrons. The van der Waals surface area contributed by atoms with E-state index in [4.69, 9.17) is 10.8 Å². The molecule has 0 bridgehead atoms. The van der Waals surface area contributed by atoms with E-state index in [0.717, 1.165) is 48.5 Å². The fourth-order valence-electron chi connectivity index (χ4n) is 3.40. The van der Waals surface area contributed by atoms with Gasteiger partial charge in [0.2, 0.25) is 0 Å². The average Bonchev–Trinajstić information content (AvgIpc) is 3.01. The number of piperidine rings is 1. The van der Waals surface area contributed by atoms with Gasteiger partial charge < -0.3 is 10.6 Å². The van der Waals surface area contributed by atoms with E-state index >= 15 is 0 Å². The SMILES string of the molecule is Cc1ccc(-c2cc3c(N4CCCC(N)C4)nccn3n2)cc1C. The predicted octanol–water partition coefficient (Wildman–Crippen LogP) is 2.94. The molecule has 1 aliphatic rings. The number of aromatic nitrogens is 3. The van der Waals surface area contributed by atoms with Gasteiger partial charge in [-0.05, 0) is 49.9 Å². The zero-order valence-corrected chi connectivity index (χ0v) is 14.2. The summed E-state index contributed by atoms with van der Waals surface area (Å²) in [6.07, 6.45) is 5.93. The van der Waals surface area contributed by atoms with Crippen molar-refractivity contribution in [1.82, 2.24) is 14.6 Å². The molecule has 1 aromatic carbocycles. The van der Waals surface area contributed by atoms with Crippen molar-refractivity contribution >= 4 is 11.3 Å². The van der Waals surface area contributed by atoms with Crippen molar-refractivity contribution in [3.8, 4) is 11.3 Å². The summed E-state index contributed by atoms with van der Waals surface area (Å²) in [5.41, 5.74) is 11.9. The van der Waals surface area contributed by atoms with E-state index in [1.54, 1.807) is 0 Å². The predicted molar refractivity (Wildman–Crippen MR) is 97.3 cm³/mol. The van der Waals surface area contributed by atoms with Gasteiger partial charge in [-0.25, -0.2) is 9.50 Å². The smallest absolute Gasteiger partial charge is 0.154 e. The molecular formula is C19H23N5. The summed E-state index contributed by atoms with van der Waals surface area (Å²) < 4.78 is 1.92. The van der Waals surface area contributed by atoms with Crippen LogP contribution in [0.15, 0.2) is 36.7 Å². The summed E-state index contributed by atoms with van der Waals surface area (Å²) in [6, 6.07) is 8.84. The van der Waals surface area contributed by atoms with Crippen LogP contribution < -0.4 is 10.6 Å². The maximum atomic E-state index is 6.14. The fraction of sp³-hybridized carbons (Fsp3) is 0.368. The molecule has 1 fully saturated rings. The molecule has 124 valence electrons. The largest absolute Gasteiger partial charge is 0.353 e. The molecule has 24 heavy (non-hydrogen) atoms. The first-order chi connectivity index (χ1) is 11.6. The molecule has 3 heterocycles. The number of hydrogen-bond donors (Lipinski definition) is 1. The minimum absolute atomic E-state index is 0.225. The van der Waals surface area contributed by atoms with Gasteiger partial charge in [0, 0.05) is 37.1 Å². The van der Waals surface area contributed by atoms with Crippen LogP contribution in [0.3, 0.4) is 0 Å². The number of benzene rings is 1. The van der Waals surface area contributed by atoms with Crippen LogP contribution in [-0.2, 0) is 0 Å². The first kappa shape index (κ1) is 15.1. The van der Waals surface area contributed by atoms with E-state index in [2.05, 4.69) is 48.0 Å². The maximum absolute atomic E-state index is 6.14. The minimum Gasteiger partial charge on any atom is -0.353 e. The number of hydrogen-bond acceptors (Lipinski definition) is 4. The zero-order valence-electron chi connectivity index (χ0n) is 14.2. The Morgan fingerprint density at radius 3 is 2.83 bits per heavy atom. The molecule has 0 spiro atoms. The lowest BCUT2D eigenvalue weighted by atomic mass is 10.0. The van der Waals surface area contributed by atoms with Crippen molar-refractivity contribution in [2.24, 2.45) is 5.73 Å². The molecule has 5 heteroatoms. The van der Waals surface area contributed by atoms with Gasteiger partial charge in [-0.3, -0.25) is 0 Å². The molecule has 0 saturated carbocycles. The number of rotatable bonds is 2. The lowest BCUT2D eigenvalue weighted by molar-refractivity contribution is 0.503. The van der Waals surface area contributed by atoms with Crippen molar-refractivity contribution in [3.63, 3.8) is 0 Å². The van der Waals surface area contributed by atoms with Crippen LogP contribution in [0.25, 0.3) is 16.8 Å². The van der Waals surface area contributed by atoms with E-state index in [1.165, 1.54) is 11.1 Å². The third kappa shape index (κ3) is 2.65.